The first kappa shape index (κ1) is 23.2. The fourth-order valence-electron chi connectivity index (χ4n) is 4.44. The Hall–Kier alpha value is -4.59. The number of ether oxygens (including phenoxy) is 3. The number of rotatable bonds is 5. The van der Waals surface area contributed by atoms with Crippen molar-refractivity contribution >= 4 is 23.4 Å². The van der Waals surface area contributed by atoms with Crippen LogP contribution in [0, 0.1) is 0 Å². The maximum atomic E-state index is 13.3. The summed E-state index contributed by atoms with van der Waals surface area (Å²) < 4.78 is 15.9. The van der Waals surface area contributed by atoms with Gasteiger partial charge in [-0.3, -0.25) is 9.59 Å². The van der Waals surface area contributed by atoms with Crippen molar-refractivity contribution in [2.24, 2.45) is 0 Å². The zero-order valence-electron chi connectivity index (χ0n) is 19.5. The summed E-state index contributed by atoms with van der Waals surface area (Å²) in [6, 6.07) is 19.7. The van der Waals surface area contributed by atoms with E-state index in [0.29, 0.717) is 41.4 Å². The van der Waals surface area contributed by atoms with Crippen molar-refractivity contribution in [3.8, 4) is 11.5 Å². The Balaban J connectivity index is 1.62. The molecule has 1 atom stereocenters. The fourth-order valence-corrected chi connectivity index (χ4v) is 4.44. The van der Waals surface area contributed by atoms with Crippen LogP contribution in [0.5, 0.6) is 11.5 Å². The highest BCUT2D eigenvalue weighted by Gasteiger charge is 2.46. The molecule has 0 radical (unpaired) electrons. The summed E-state index contributed by atoms with van der Waals surface area (Å²) in [6.07, 6.45) is 0. The topological polar surface area (TPSA) is 102 Å². The lowest BCUT2D eigenvalue weighted by atomic mass is 9.94. The molecule has 0 spiro atoms. The molecule has 182 valence electrons. The molecule has 0 bridgehead atoms. The number of methoxy groups -OCH3 is 1. The summed E-state index contributed by atoms with van der Waals surface area (Å²) >= 11 is 0. The molecule has 5 rings (SSSR count). The Labute approximate surface area is 207 Å². The summed E-state index contributed by atoms with van der Waals surface area (Å²) in [7, 11) is 1.29. The molecule has 8 heteroatoms. The number of ketones is 1. The lowest BCUT2D eigenvalue weighted by Crippen LogP contribution is -2.29. The van der Waals surface area contributed by atoms with E-state index in [1.54, 1.807) is 42.5 Å². The first-order valence-corrected chi connectivity index (χ1v) is 11.4. The van der Waals surface area contributed by atoms with Crippen LogP contribution in [-0.2, 0) is 20.9 Å². The molecule has 1 N–H and O–H groups in total. The molecule has 0 aliphatic carbocycles. The van der Waals surface area contributed by atoms with E-state index in [4.69, 9.17) is 14.2 Å². The molecule has 0 saturated carbocycles. The highest BCUT2D eigenvalue weighted by atomic mass is 16.6. The van der Waals surface area contributed by atoms with E-state index < -0.39 is 23.7 Å². The van der Waals surface area contributed by atoms with Crippen molar-refractivity contribution in [3.63, 3.8) is 0 Å². The van der Waals surface area contributed by atoms with Crippen molar-refractivity contribution in [1.82, 2.24) is 4.90 Å². The SMILES string of the molecule is COC(=O)c1ccc([C@@H]2C(=C(O)c3ccc4c(c3)OCCO4)C(=O)C(=O)N2Cc2ccccc2)cc1. The van der Waals surface area contributed by atoms with Gasteiger partial charge in [-0.1, -0.05) is 42.5 Å². The minimum Gasteiger partial charge on any atom is -0.507 e. The number of fused-ring (bicyclic) bond motifs is 1. The molecule has 3 aromatic rings. The zero-order chi connectivity index (χ0) is 25.2. The van der Waals surface area contributed by atoms with Gasteiger partial charge in [-0.2, -0.15) is 0 Å². The number of nitrogens with zero attached hydrogens (tertiary/aromatic N) is 1. The summed E-state index contributed by atoms with van der Waals surface area (Å²) in [5.41, 5.74) is 2.01. The molecule has 2 heterocycles. The van der Waals surface area contributed by atoms with Gasteiger partial charge in [0.15, 0.2) is 11.5 Å². The first-order chi connectivity index (χ1) is 17.5. The standard InChI is InChI=1S/C28H23NO7/c1-34-28(33)19-9-7-18(8-10-19)24-23(25(30)20-11-12-21-22(15-20)36-14-13-35-21)26(31)27(32)29(24)16-17-5-3-2-4-6-17/h2-12,15,24,30H,13-14,16H2,1H3/t24-/m1/s1. The van der Waals surface area contributed by atoms with E-state index in [9.17, 15) is 19.5 Å². The molecule has 1 saturated heterocycles. The Morgan fingerprint density at radius 2 is 1.61 bits per heavy atom. The van der Waals surface area contributed by atoms with Crippen LogP contribution >= 0.6 is 0 Å². The van der Waals surface area contributed by atoms with E-state index in [1.165, 1.54) is 12.0 Å². The van der Waals surface area contributed by atoms with Crippen LogP contribution < -0.4 is 9.47 Å². The molecule has 8 nitrogen and oxygen atoms in total. The number of aliphatic hydroxyl groups is 1. The smallest absolute Gasteiger partial charge is 0.337 e. The highest BCUT2D eigenvalue weighted by molar-refractivity contribution is 6.46. The predicted molar refractivity (Wildman–Crippen MR) is 130 cm³/mol. The normalized spacial score (nSPS) is 18.2. The maximum absolute atomic E-state index is 13.3. The minimum absolute atomic E-state index is 0.0431. The van der Waals surface area contributed by atoms with Gasteiger partial charge in [0.25, 0.3) is 11.7 Å². The van der Waals surface area contributed by atoms with E-state index >= 15 is 0 Å². The second kappa shape index (κ2) is 9.58. The van der Waals surface area contributed by atoms with Gasteiger partial charge in [-0.25, -0.2) is 4.79 Å². The Morgan fingerprint density at radius 3 is 2.31 bits per heavy atom. The molecule has 1 fully saturated rings. The molecule has 0 aromatic heterocycles. The number of carbonyl (C=O) groups is 3. The maximum Gasteiger partial charge on any atom is 0.337 e. The van der Waals surface area contributed by atoms with Crippen LogP contribution in [0.1, 0.15) is 33.1 Å². The molecular formula is C28H23NO7. The number of hydrogen-bond donors (Lipinski definition) is 1. The van der Waals surface area contributed by atoms with Crippen molar-refractivity contribution in [2.45, 2.75) is 12.6 Å². The minimum atomic E-state index is -0.870. The summed E-state index contributed by atoms with van der Waals surface area (Å²) in [5, 5.41) is 11.3. The van der Waals surface area contributed by atoms with E-state index in [1.807, 2.05) is 30.3 Å². The third-order valence-electron chi connectivity index (χ3n) is 6.20. The van der Waals surface area contributed by atoms with Gasteiger partial charge in [0.2, 0.25) is 0 Å². The largest absolute Gasteiger partial charge is 0.507 e. The van der Waals surface area contributed by atoms with Gasteiger partial charge in [0.1, 0.15) is 19.0 Å². The molecule has 3 aromatic carbocycles. The quantitative estimate of drug-likeness (QED) is 0.253. The van der Waals surface area contributed by atoms with Gasteiger partial charge in [0.05, 0.1) is 24.3 Å². The van der Waals surface area contributed by atoms with Crippen LogP contribution in [0.15, 0.2) is 78.4 Å². The average Bonchev–Trinajstić information content (AvgIpc) is 3.17. The fraction of sp³-hybridized carbons (Fsp3) is 0.179. The predicted octanol–water partition coefficient (Wildman–Crippen LogP) is 3.87. The molecule has 2 aliphatic heterocycles. The number of amides is 1. The Bertz CT molecular complexity index is 1360. The number of benzene rings is 3. The van der Waals surface area contributed by atoms with Gasteiger partial charge in [-0.05, 0) is 41.5 Å². The highest BCUT2D eigenvalue weighted by Crippen LogP contribution is 2.41. The first-order valence-electron chi connectivity index (χ1n) is 11.4. The monoisotopic (exact) mass is 485 g/mol. The number of hydrogen-bond acceptors (Lipinski definition) is 7. The molecule has 2 aliphatic rings. The second-order valence-electron chi connectivity index (χ2n) is 8.38. The summed E-state index contributed by atoms with van der Waals surface area (Å²) in [5.74, 6) is -1.35. The third kappa shape index (κ3) is 4.17. The van der Waals surface area contributed by atoms with Crippen LogP contribution in [0.4, 0.5) is 0 Å². The van der Waals surface area contributed by atoms with Crippen LogP contribution in [0.3, 0.4) is 0 Å². The second-order valence-corrected chi connectivity index (χ2v) is 8.38. The van der Waals surface area contributed by atoms with Gasteiger partial charge >= 0.3 is 5.97 Å². The molecule has 1 amide bonds. The van der Waals surface area contributed by atoms with Gasteiger partial charge in [-0.15, -0.1) is 0 Å². The summed E-state index contributed by atoms with van der Waals surface area (Å²) in [4.78, 5) is 39.8. The van der Waals surface area contributed by atoms with Crippen molar-refractivity contribution < 1.29 is 33.7 Å². The van der Waals surface area contributed by atoms with Crippen LogP contribution in [-0.4, -0.2) is 48.0 Å². The van der Waals surface area contributed by atoms with Crippen LogP contribution in [0.25, 0.3) is 5.76 Å². The number of esters is 1. The molecule has 36 heavy (non-hydrogen) atoms. The van der Waals surface area contributed by atoms with E-state index in [2.05, 4.69) is 0 Å². The number of aliphatic hydroxyl groups excluding tert-OH is 1. The van der Waals surface area contributed by atoms with E-state index in [-0.39, 0.29) is 17.9 Å². The van der Waals surface area contributed by atoms with Gasteiger partial charge in [0, 0.05) is 12.1 Å². The number of Topliss-reactive ketones (excluding diaryl/α,β-unsaturated/α-hetero) is 1. The zero-order valence-corrected chi connectivity index (χ0v) is 19.5. The number of carbonyl (C=O) groups excluding carboxylic acids is 3. The lowest BCUT2D eigenvalue weighted by Gasteiger charge is -2.26. The molecular weight excluding hydrogens is 462 g/mol. The van der Waals surface area contributed by atoms with E-state index in [0.717, 1.165) is 5.56 Å². The van der Waals surface area contributed by atoms with Crippen molar-refractivity contribution in [2.75, 3.05) is 20.3 Å². The Morgan fingerprint density at radius 1 is 0.944 bits per heavy atom. The van der Waals surface area contributed by atoms with Crippen molar-refractivity contribution in [3.05, 3.63) is 101 Å². The molecule has 0 unspecified atom stereocenters. The van der Waals surface area contributed by atoms with Crippen LogP contribution in [0.2, 0.25) is 0 Å². The summed E-state index contributed by atoms with van der Waals surface area (Å²) in [6.45, 7) is 0.947. The van der Waals surface area contributed by atoms with Crippen molar-refractivity contribution in [1.29, 1.82) is 0 Å². The number of likely N-dealkylation sites (tertiary alicyclic amines) is 1. The Kier molecular flexibility index (Phi) is 6.16. The lowest BCUT2D eigenvalue weighted by molar-refractivity contribution is -0.140. The third-order valence-corrected chi connectivity index (χ3v) is 6.20. The average molecular weight is 485 g/mol. The van der Waals surface area contributed by atoms with Gasteiger partial charge < -0.3 is 24.2 Å².